The molecule has 0 spiro atoms. The molecule has 0 bridgehead atoms. The fourth-order valence-corrected chi connectivity index (χ4v) is 4.46. The molecule has 9 heteroatoms. The minimum atomic E-state index is -0.222. The average Bonchev–Trinajstić information content (AvgIpc) is 3.24. The first kappa shape index (κ1) is 24.6. The molecule has 1 aromatic heterocycles. The number of ether oxygens (including phenoxy) is 2. The first-order valence-electron chi connectivity index (χ1n) is 10.9. The Morgan fingerprint density at radius 1 is 1.06 bits per heavy atom. The van der Waals surface area contributed by atoms with Gasteiger partial charge in [-0.25, -0.2) is 10.4 Å². The SMILES string of the molecule is COc1ccc(/C(C)=N\NC(=O)CSc2nc3ccccc3n2Cc2ccc(Cl)cc2)cc1OC. The van der Waals surface area contributed by atoms with Gasteiger partial charge in [-0.1, -0.05) is 47.6 Å². The average molecular weight is 509 g/mol. The lowest BCUT2D eigenvalue weighted by Crippen LogP contribution is -2.21. The number of thioether (sulfide) groups is 1. The molecule has 0 saturated heterocycles. The molecule has 0 aliphatic heterocycles. The van der Waals surface area contributed by atoms with Gasteiger partial charge in [0.05, 0.1) is 43.3 Å². The molecule has 35 heavy (non-hydrogen) atoms. The minimum absolute atomic E-state index is 0.173. The van der Waals surface area contributed by atoms with E-state index >= 15 is 0 Å². The molecule has 0 aliphatic carbocycles. The van der Waals surface area contributed by atoms with Crippen molar-refractivity contribution >= 4 is 46.0 Å². The molecule has 1 heterocycles. The van der Waals surface area contributed by atoms with E-state index in [9.17, 15) is 4.79 Å². The van der Waals surface area contributed by atoms with Crippen LogP contribution in [0.4, 0.5) is 0 Å². The predicted octanol–water partition coefficient (Wildman–Crippen LogP) is 5.39. The van der Waals surface area contributed by atoms with Gasteiger partial charge in [-0.3, -0.25) is 4.79 Å². The van der Waals surface area contributed by atoms with Gasteiger partial charge in [-0.05, 0) is 55.0 Å². The predicted molar refractivity (Wildman–Crippen MR) is 141 cm³/mol. The zero-order chi connectivity index (χ0) is 24.8. The smallest absolute Gasteiger partial charge is 0.250 e. The summed E-state index contributed by atoms with van der Waals surface area (Å²) in [7, 11) is 3.16. The number of hydrogen-bond donors (Lipinski definition) is 1. The van der Waals surface area contributed by atoms with Crippen LogP contribution < -0.4 is 14.9 Å². The number of hydrazone groups is 1. The molecular weight excluding hydrogens is 484 g/mol. The Bertz CT molecular complexity index is 1370. The molecule has 0 unspecified atom stereocenters. The summed E-state index contributed by atoms with van der Waals surface area (Å²) in [6.07, 6.45) is 0. The van der Waals surface area contributed by atoms with Crippen LogP contribution in [0, 0.1) is 0 Å². The van der Waals surface area contributed by atoms with Crippen molar-refractivity contribution in [3.63, 3.8) is 0 Å². The number of benzene rings is 3. The number of nitrogens with one attached hydrogen (secondary N) is 1. The van der Waals surface area contributed by atoms with Crippen LogP contribution in [0.3, 0.4) is 0 Å². The van der Waals surface area contributed by atoms with E-state index in [4.69, 9.17) is 26.1 Å². The first-order chi connectivity index (χ1) is 17.0. The fourth-order valence-electron chi connectivity index (χ4n) is 3.52. The van der Waals surface area contributed by atoms with Crippen LogP contribution >= 0.6 is 23.4 Å². The van der Waals surface area contributed by atoms with Crippen molar-refractivity contribution in [2.45, 2.75) is 18.6 Å². The number of imidazole rings is 1. The van der Waals surface area contributed by atoms with Crippen LogP contribution in [0.15, 0.2) is 77.0 Å². The number of halogens is 1. The summed E-state index contributed by atoms with van der Waals surface area (Å²) in [5.41, 5.74) is 7.09. The van der Waals surface area contributed by atoms with E-state index in [-0.39, 0.29) is 11.7 Å². The van der Waals surface area contributed by atoms with Gasteiger partial charge in [0.1, 0.15) is 0 Å². The summed E-state index contributed by atoms with van der Waals surface area (Å²) in [6.45, 7) is 2.44. The highest BCUT2D eigenvalue weighted by Gasteiger charge is 2.14. The maximum atomic E-state index is 12.6. The molecule has 0 aliphatic rings. The third-order valence-electron chi connectivity index (χ3n) is 5.36. The Balaban J connectivity index is 1.45. The van der Waals surface area contributed by atoms with Gasteiger partial charge in [-0.15, -0.1) is 0 Å². The van der Waals surface area contributed by atoms with Gasteiger partial charge in [0.2, 0.25) is 0 Å². The molecular formula is C26H25ClN4O3S. The second-order valence-electron chi connectivity index (χ2n) is 7.69. The summed E-state index contributed by atoms with van der Waals surface area (Å²) in [4.78, 5) is 17.3. The van der Waals surface area contributed by atoms with E-state index < -0.39 is 0 Å². The van der Waals surface area contributed by atoms with Crippen LogP contribution in [0.5, 0.6) is 11.5 Å². The molecule has 3 aromatic carbocycles. The number of amides is 1. The monoisotopic (exact) mass is 508 g/mol. The number of hydrogen-bond acceptors (Lipinski definition) is 6. The van der Waals surface area contributed by atoms with Crippen LogP contribution in [-0.4, -0.2) is 41.1 Å². The lowest BCUT2D eigenvalue weighted by atomic mass is 10.1. The minimum Gasteiger partial charge on any atom is -0.493 e. The van der Waals surface area contributed by atoms with Gasteiger partial charge < -0.3 is 14.0 Å². The van der Waals surface area contributed by atoms with Crippen molar-refractivity contribution in [3.8, 4) is 11.5 Å². The van der Waals surface area contributed by atoms with E-state index in [2.05, 4.69) is 15.1 Å². The van der Waals surface area contributed by atoms with Crippen molar-refractivity contribution in [2.24, 2.45) is 5.10 Å². The molecule has 7 nitrogen and oxygen atoms in total. The zero-order valence-corrected chi connectivity index (χ0v) is 21.2. The van der Waals surface area contributed by atoms with Crippen molar-refractivity contribution in [3.05, 3.63) is 82.9 Å². The Morgan fingerprint density at radius 3 is 2.54 bits per heavy atom. The standard InChI is InChI=1S/C26H25ClN4O3S/c1-17(19-10-13-23(33-2)24(14-19)34-3)29-30-25(32)16-35-26-28-21-6-4-5-7-22(21)31(26)15-18-8-11-20(27)12-9-18/h4-14H,15-16H2,1-3H3,(H,30,32)/b29-17-. The van der Waals surface area contributed by atoms with Crippen LogP contribution in [-0.2, 0) is 11.3 Å². The molecule has 1 amide bonds. The third kappa shape index (κ3) is 5.96. The number of fused-ring (bicyclic) bond motifs is 1. The van der Waals surface area contributed by atoms with E-state index in [1.54, 1.807) is 20.3 Å². The molecule has 4 rings (SSSR count). The number of aromatic nitrogens is 2. The lowest BCUT2D eigenvalue weighted by Gasteiger charge is -2.10. The van der Waals surface area contributed by atoms with E-state index in [0.29, 0.717) is 28.8 Å². The van der Waals surface area contributed by atoms with Crippen molar-refractivity contribution < 1.29 is 14.3 Å². The van der Waals surface area contributed by atoms with Gasteiger partial charge >= 0.3 is 0 Å². The van der Waals surface area contributed by atoms with Gasteiger partial charge in [0.25, 0.3) is 5.91 Å². The van der Waals surface area contributed by atoms with Crippen LogP contribution in [0.2, 0.25) is 5.02 Å². The highest BCUT2D eigenvalue weighted by Crippen LogP contribution is 2.28. The van der Waals surface area contributed by atoms with Crippen molar-refractivity contribution in [2.75, 3.05) is 20.0 Å². The third-order valence-corrected chi connectivity index (χ3v) is 6.58. The molecule has 0 radical (unpaired) electrons. The number of para-hydroxylation sites is 2. The fraction of sp³-hybridized carbons (Fsp3) is 0.192. The summed E-state index contributed by atoms with van der Waals surface area (Å²) in [5.74, 6) is 1.18. The van der Waals surface area contributed by atoms with E-state index in [1.165, 1.54) is 11.8 Å². The summed E-state index contributed by atoms with van der Waals surface area (Å²) >= 11 is 7.40. The van der Waals surface area contributed by atoms with Crippen LogP contribution in [0.1, 0.15) is 18.1 Å². The topological polar surface area (TPSA) is 77.7 Å². The summed E-state index contributed by atoms with van der Waals surface area (Å²) in [5, 5.41) is 5.70. The summed E-state index contributed by atoms with van der Waals surface area (Å²) < 4.78 is 12.7. The van der Waals surface area contributed by atoms with E-state index in [1.807, 2.05) is 67.6 Å². The number of rotatable bonds is 9. The zero-order valence-electron chi connectivity index (χ0n) is 19.6. The van der Waals surface area contributed by atoms with Crippen molar-refractivity contribution in [1.82, 2.24) is 15.0 Å². The second-order valence-corrected chi connectivity index (χ2v) is 9.07. The molecule has 0 atom stereocenters. The van der Waals surface area contributed by atoms with Gasteiger partial charge in [0.15, 0.2) is 16.7 Å². The molecule has 4 aromatic rings. The number of methoxy groups -OCH3 is 2. The Labute approximate surface area is 213 Å². The van der Waals surface area contributed by atoms with Gasteiger partial charge in [-0.2, -0.15) is 5.10 Å². The maximum absolute atomic E-state index is 12.6. The Kier molecular flexibility index (Phi) is 7.94. The molecule has 1 N–H and O–H groups in total. The van der Waals surface area contributed by atoms with E-state index in [0.717, 1.165) is 27.3 Å². The maximum Gasteiger partial charge on any atom is 0.250 e. The normalized spacial score (nSPS) is 11.5. The number of nitrogens with zero attached hydrogens (tertiary/aromatic N) is 3. The lowest BCUT2D eigenvalue weighted by molar-refractivity contribution is -0.118. The Hall–Kier alpha value is -3.49. The second kappa shape index (κ2) is 11.3. The molecule has 180 valence electrons. The number of carbonyl (C=O) groups is 1. The largest absolute Gasteiger partial charge is 0.493 e. The van der Waals surface area contributed by atoms with Gasteiger partial charge in [0, 0.05) is 10.6 Å². The molecule has 0 saturated carbocycles. The number of carbonyl (C=O) groups excluding carboxylic acids is 1. The van der Waals surface area contributed by atoms with Crippen molar-refractivity contribution in [1.29, 1.82) is 0 Å². The first-order valence-corrected chi connectivity index (χ1v) is 12.2. The summed E-state index contributed by atoms with van der Waals surface area (Å²) in [6, 6.07) is 21.1. The Morgan fingerprint density at radius 2 is 1.80 bits per heavy atom. The van der Waals surface area contributed by atoms with Crippen LogP contribution in [0.25, 0.3) is 11.0 Å². The molecule has 0 fully saturated rings. The quantitative estimate of drug-likeness (QED) is 0.186. The highest BCUT2D eigenvalue weighted by molar-refractivity contribution is 7.99. The highest BCUT2D eigenvalue weighted by atomic mass is 35.5.